The van der Waals surface area contributed by atoms with Crippen molar-refractivity contribution in [1.29, 1.82) is 0 Å². The van der Waals surface area contributed by atoms with Gasteiger partial charge in [0.25, 0.3) is 0 Å². The van der Waals surface area contributed by atoms with E-state index in [1.54, 1.807) is 0 Å². The molecule has 0 amide bonds. The van der Waals surface area contributed by atoms with E-state index in [2.05, 4.69) is 88.9 Å². The predicted octanol–water partition coefficient (Wildman–Crippen LogP) is 6.80. The average Bonchev–Trinajstić information content (AvgIpc) is 2.69. The molecular weight excluding hydrogens is 326 g/mol. The zero-order valence-electron chi connectivity index (χ0n) is 18.2. The summed E-state index contributed by atoms with van der Waals surface area (Å²) in [6.07, 6.45) is 5.51. The van der Waals surface area contributed by atoms with Crippen molar-refractivity contribution in [2.75, 3.05) is 13.1 Å². The monoisotopic (exact) mass is 363 g/mol. The van der Waals surface area contributed by atoms with E-state index in [0.29, 0.717) is 0 Å². The zero-order chi connectivity index (χ0) is 19.8. The highest BCUT2D eigenvalue weighted by Gasteiger charge is 2.08. The van der Waals surface area contributed by atoms with Crippen molar-refractivity contribution in [3.8, 4) is 0 Å². The van der Waals surface area contributed by atoms with Crippen LogP contribution in [0.3, 0.4) is 0 Å². The fourth-order valence-corrected chi connectivity index (χ4v) is 3.74. The second-order valence-electron chi connectivity index (χ2n) is 7.62. The van der Waals surface area contributed by atoms with Crippen LogP contribution in [0.1, 0.15) is 74.4 Å². The lowest BCUT2D eigenvalue weighted by Gasteiger charge is -2.21. The number of aryl methyl sites for hydroxylation is 2. The van der Waals surface area contributed by atoms with E-state index >= 15 is 0 Å². The Labute approximate surface area is 167 Å². The molecule has 27 heavy (non-hydrogen) atoms. The summed E-state index contributed by atoms with van der Waals surface area (Å²) in [5.41, 5.74) is 9.92. The van der Waals surface area contributed by atoms with Crippen LogP contribution in [0, 0.1) is 6.92 Å². The van der Waals surface area contributed by atoms with Crippen molar-refractivity contribution in [2.24, 2.45) is 0 Å². The summed E-state index contributed by atoms with van der Waals surface area (Å²) in [6.45, 7) is 16.7. The Balaban J connectivity index is 2.23. The lowest BCUT2D eigenvalue weighted by molar-refractivity contribution is 0.280. The van der Waals surface area contributed by atoms with Gasteiger partial charge in [0.2, 0.25) is 0 Å². The predicted molar refractivity (Wildman–Crippen MR) is 120 cm³/mol. The van der Waals surface area contributed by atoms with Gasteiger partial charge in [-0.2, -0.15) is 0 Å². The Morgan fingerprint density at radius 2 is 1.63 bits per heavy atom. The van der Waals surface area contributed by atoms with Crippen molar-refractivity contribution < 1.29 is 0 Å². The van der Waals surface area contributed by atoms with Crippen LogP contribution in [0.25, 0.3) is 5.57 Å². The first kappa shape index (κ1) is 21.4. The molecule has 2 aromatic rings. The standard InChI is InChI=1S/C26H37N/c1-7-15-27(10-4)19-25-18-22(12-11-21(25)6)16-23-13-14-26(20(5)8-2)24(9-3)17-23/h8,11-14,17-18H,7,9-10,15-16,19H2,1-6H3/b20-8-. The molecule has 0 unspecified atom stereocenters. The van der Waals surface area contributed by atoms with Gasteiger partial charge in [-0.15, -0.1) is 0 Å². The minimum Gasteiger partial charge on any atom is -0.299 e. The SMILES string of the molecule is C/C=C(/C)c1ccc(Cc2ccc(C)c(CN(CC)CCC)c2)cc1CC. The van der Waals surface area contributed by atoms with Crippen LogP contribution in [0.2, 0.25) is 0 Å². The van der Waals surface area contributed by atoms with Crippen LogP contribution in [0.15, 0.2) is 42.5 Å². The fourth-order valence-electron chi connectivity index (χ4n) is 3.74. The third-order valence-electron chi connectivity index (χ3n) is 5.61. The largest absolute Gasteiger partial charge is 0.299 e. The van der Waals surface area contributed by atoms with Gasteiger partial charge in [0.15, 0.2) is 0 Å². The molecular formula is C26H37N. The van der Waals surface area contributed by atoms with Gasteiger partial charge in [-0.05, 0) is 92.1 Å². The van der Waals surface area contributed by atoms with E-state index < -0.39 is 0 Å². The molecule has 0 bridgehead atoms. The van der Waals surface area contributed by atoms with Gasteiger partial charge in [-0.1, -0.05) is 63.2 Å². The van der Waals surface area contributed by atoms with E-state index in [9.17, 15) is 0 Å². The van der Waals surface area contributed by atoms with E-state index in [1.807, 2.05) is 0 Å². The molecule has 0 aliphatic rings. The highest BCUT2D eigenvalue weighted by molar-refractivity contribution is 5.66. The number of rotatable bonds is 9. The summed E-state index contributed by atoms with van der Waals surface area (Å²) < 4.78 is 0. The summed E-state index contributed by atoms with van der Waals surface area (Å²) in [4.78, 5) is 2.54. The highest BCUT2D eigenvalue weighted by atomic mass is 15.1. The molecule has 0 aliphatic heterocycles. The van der Waals surface area contributed by atoms with E-state index in [1.165, 1.54) is 51.9 Å². The van der Waals surface area contributed by atoms with E-state index in [0.717, 1.165) is 25.9 Å². The summed E-state index contributed by atoms with van der Waals surface area (Å²) in [6, 6.07) is 14.0. The van der Waals surface area contributed by atoms with Crippen molar-refractivity contribution >= 4 is 5.57 Å². The Morgan fingerprint density at radius 3 is 2.22 bits per heavy atom. The Kier molecular flexibility index (Phi) is 8.31. The molecule has 0 heterocycles. The van der Waals surface area contributed by atoms with Crippen molar-refractivity contribution in [2.45, 2.75) is 67.3 Å². The maximum atomic E-state index is 2.54. The smallest absolute Gasteiger partial charge is 0.0236 e. The first-order chi connectivity index (χ1) is 13.0. The second kappa shape index (κ2) is 10.5. The van der Waals surface area contributed by atoms with Crippen molar-refractivity contribution in [1.82, 2.24) is 4.90 Å². The lowest BCUT2D eigenvalue weighted by atomic mass is 9.93. The molecule has 2 aromatic carbocycles. The van der Waals surface area contributed by atoms with Crippen LogP contribution in [0.5, 0.6) is 0 Å². The number of allylic oxidation sites excluding steroid dienone is 2. The van der Waals surface area contributed by atoms with Crippen molar-refractivity contribution in [3.05, 3.63) is 75.9 Å². The number of hydrogen-bond acceptors (Lipinski definition) is 1. The maximum absolute atomic E-state index is 2.54. The molecule has 0 radical (unpaired) electrons. The molecule has 0 aromatic heterocycles. The van der Waals surface area contributed by atoms with Crippen LogP contribution in [0.4, 0.5) is 0 Å². The topological polar surface area (TPSA) is 3.24 Å². The number of hydrogen-bond donors (Lipinski definition) is 0. The highest BCUT2D eigenvalue weighted by Crippen LogP contribution is 2.23. The number of benzene rings is 2. The second-order valence-corrected chi connectivity index (χ2v) is 7.62. The molecule has 0 saturated carbocycles. The maximum Gasteiger partial charge on any atom is 0.0236 e. The summed E-state index contributed by atoms with van der Waals surface area (Å²) in [5, 5.41) is 0. The molecule has 2 rings (SSSR count). The van der Waals surface area contributed by atoms with Gasteiger partial charge in [-0.25, -0.2) is 0 Å². The molecule has 1 nitrogen and oxygen atoms in total. The molecule has 0 saturated heterocycles. The zero-order valence-corrected chi connectivity index (χ0v) is 18.2. The summed E-state index contributed by atoms with van der Waals surface area (Å²) in [5.74, 6) is 0. The molecule has 0 aliphatic carbocycles. The first-order valence-electron chi connectivity index (χ1n) is 10.6. The Hall–Kier alpha value is -1.86. The van der Waals surface area contributed by atoms with Crippen LogP contribution in [-0.4, -0.2) is 18.0 Å². The van der Waals surface area contributed by atoms with Gasteiger partial charge in [0.05, 0.1) is 0 Å². The van der Waals surface area contributed by atoms with Gasteiger partial charge < -0.3 is 0 Å². The van der Waals surface area contributed by atoms with Gasteiger partial charge in [0.1, 0.15) is 0 Å². The lowest BCUT2D eigenvalue weighted by Crippen LogP contribution is -2.24. The third-order valence-corrected chi connectivity index (χ3v) is 5.61. The molecule has 0 atom stereocenters. The molecule has 0 fully saturated rings. The minimum atomic E-state index is 1.01. The van der Waals surface area contributed by atoms with Gasteiger partial charge >= 0.3 is 0 Å². The third kappa shape index (κ3) is 5.81. The minimum absolute atomic E-state index is 1.01. The summed E-state index contributed by atoms with van der Waals surface area (Å²) >= 11 is 0. The Bertz CT molecular complexity index is 770. The molecule has 146 valence electrons. The first-order valence-corrected chi connectivity index (χ1v) is 10.6. The van der Waals surface area contributed by atoms with Crippen LogP contribution >= 0.6 is 0 Å². The summed E-state index contributed by atoms with van der Waals surface area (Å²) in [7, 11) is 0. The van der Waals surface area contributed by atoms with Crippen LogP contribution in [-0.2, 0) is 19.4 Å². The van der Waals surface area contributed by atoms with Crippen molar-refractivity contribution in [3.63, 3.8) is 0 Å². The van der Waals surface area contributed by atoms with Crippen LogP contribution < -0.4 is 0 Å². The molecule has 0 N–H and O–H groups in total. The van der Waals surface area contributed by atoms with Gasteiger partial charge in [-0.3, -0.25) is 4.90 Å². The molecule has 1 heteroatoms. The average molecular weight is 364 g/mol. The number of nitrogens with zero attached hydrogens (tertiary/aromatic N) is 1. The van der Waals surface area contributed by atoms with E-state index in [4.69, 9.17) is 0 Å². The van der Waals surface area contributed by atoms with E-state index in [-0.39, 0.29) is 0 Å². The fraction of sp³-hybridized carbons (Fsp3) is 0.462. The normalized spacial score (nSPS) is 12.0. The quantitative estimate of drug-likeness (QED) is 0.473. The molecule has 0 spiro atoms. The van der Waals surface area contributed by atoms with Gasteiger partial charge in [0, 0.05) is 6.54 Å². The Morgan fingerprint density at radius 1 is 0.963 bits per heavy atom.